The van der Waals surface area contributed by atoms with E-state index >= 15 is 0 Å². The van der Waals surface area contributed by atoms with Gasteiger partial charge < -0.3 is 29.9 Å². The molecule has 0 spiro atoms. The first-order valence-electron chi connectivity index (χ1n) is 19.3. The molecule has 0 aromatic heterocycles. The number of hydrogen-bond acceptors (Lipinski definition) is 8. The minimum Gasteiger partial charge on any atom is -0.379 e. The Hall–Kier alpha value is -3.35. The third-order valence-electron chi connectivity index (χ3n) is 11.0. The molecule has 1 aliphatic heterocycles. The molecule has 1 heterocycles. The predicted molar refractivity (Wildman–Crippen MR) is 208 cm³/mol. The molecule has 1 aromatic rings. The van der Waals surface area contributed by atoms with Crippen molar-refractivity contribution in [1.82, 2.24) is 25.3 Å². The van der Waals surface area contributed by atoms with Gasteiger partial charge in [-0.15, -0.1) is 0 Å². The Morgan fingerprint density at radius 2 is 1.51 bits per heavy atom. The van der Waals surface area contributed by atoms with Gasteiger partial charge in [0.1, 0.15) is 6.04 Å². The average molecular weight is 744 g/mol. The van der Waals surface area contributed by atoms with Crippen molar-refractivity contribution < 1.29 is 33.4 Å². The van der Waals surface area contributed by atoms with E-state index in [4.69, 9.17) is 9.47 Å². The predicted octanol–water partition coefficient (Wildman–Crippen LogP) is 3.95. The maximum Gasteiger partial charge on any atom is 0.245 e. The third-order valence-corrected chi connectivity index (χ3v) is 11.0. The fraction of sp³-hybridized carbons (Fsp3) is 0.732. The van der Waals surface area contributed by atoms with Crippen molar-refractivity contribution in [1.29, 1.82) is 0 Å². The van der Waals surface area contributed by atoms with Gasteiger partial charge in [0.2, 0.25) is 23.6 Å². The smallest absolute Gasteiger partial charge is 0.245 e. The van der Waals surface area contributed by atoms with E-state index in [1.807, 2.05) is 90.9 Å². The summed E-state index contributed by atoms with van der Waals surface area (Å²) in [5.41, 5.74) is 0.945. The van der Waals surface area contributed by atoms with E-state index in [0.717, 1.165) is 18.4 Å². The van der Waals surface area contributed by atoms with Crippen LogP contribution in [0.25, 0.3) is 0 Å². The largest absolute Gasteiger partial charge is 0.379 e. The number of nitrogens with one attached hydrogen (secondary N) is 2. The van der Waals surface area contributed by atoms with E-state index in [1.165, 1.54) is 6.92 Å². The fourth-order valence-electron chi connectivity index (χ4n) is 7.86. The summed E-state index contributed by atoms with van der Waals surface area (Å²) >= 11 is 0. The van der Waals surface area contributed by atoms with Crippen LogP contribution in [0.5, 0.6) is 0 Å². The molecule has 1 saturated heterocycles. The zero-order chi connectivity index (χ0) is 40.2. The molecular weight excluding hydrogens is 674 g/mol. The molecule has 0 saturated carbocycles. The second-order valence-electron chi connectivity index (χ2n) is 15.8. The molecular formula is C41H69N5O7. The highest BCUT2D eigenvalue weighted by molar-refractivity contribution is 5.90. The highest BCUT2D eigenvalue weighted by Crippen LogP contribution is 2.30. The Balaban J connectivity index is 2.27. The van der Waals surface area contributed by atoms with Gasteiger partial charge in [0.25, 0.3) is 0 Å². The number of likely N-dealkylation sites (N-methyl/N-ethyl adjacent to an activating group) is 2. The van der Waals surface area contributed by atoms with E-state index in [2.05, 4.69) is 10.6 Å². The molecule has 9 atom stereocenters. The molecule has 0 aliphatic carbocycles. The summed E-state index contributed by atoms with van der Waals surface area (Å²) in [5.74, 6) is -1.82. The van der Waals surface area contributed by atoms with Crippen molar-refractivity contribution in [2.24, 2.45) is 23.7 Å². The quantitative estimate of drug-likeness (QED) is 0.193. The fourth-order valence-corrected chi connectivity index (χ4v) is 7.86. The van der Waals surface area contributed by atoms with E-state index in [9.17, 15) is 24.0 Å². The van der Waals surface area contributed by atoms with Crippen molar-refractivity contribution in [2.45, 2.75) is 130 Å². The van der Waals surface area contributed by atoms with Crippen LogP contribution in [0.2, 0.25) is 0 Å². The maximum absolute atomic E-state index is 14.2. The number of rotatable bonds is 21. The van der Waals surface area contributed by atoms with Gasteiger partial charge in [-0.2, -0.15) is 0 Å². The van der Waals surface area contributed by atoms with E-state index < -0.39 is 42.3 Å². The zero-order valence-corrected chi connectivity index (χ0v) is 34.7. The first-order valence-corrected chi connectivity index (χ1v) is 19.3. The van der Waals surface area contributed by atoms with Crippen LogP contribution in [-0.4, -0.2) is 128 Å². The molecule has 12 heteroatoms. The van der Waals surface area contributed by atoms with Gasteiger partial charge in [0, 0.05) is 27.8 Å². The SMILES string of the molecule is CC[C@H](C)[C@@H]([C@@H](CC(=O)N1CCC[C@H]1[C@H](OC)[C@@H](C)C(=O)N[C@H](Cc1ccccc1)C(C)=O)OC)N(C)C(=O)[C@@H](NC(=O)[C@H](C(C)C)N(C)C)C(C)C. The molecule has 1 aromatic carbocycles. The summed E-state index contributed by atoms with van der Waals surface area (Å²) in [4.78, 5) is 73.2. The first-order chi connectivity index (χ1) is 24.9. The van der Waals surface area contributed by atoms with Crippen LogP contribution in [0.1, 0.15) is 86.6 Å². The average Bonchev–Trinajstić information content (AvgIpc) is 3.59. The summed E-state index contributed by atoms with van der Waals surface area (Å²) in [6.07, 6.45) is 1.32. The summed E-state index contributed by atoms with van der Waals surface area (Å²) in [6, 6.07) is 6.90. The molecule has 0 unspecified atom stereocenters. The molecule has 1 fully saturated rings. The topological polar surface area (TPSA) is 138 Å². The molecule has 300 valence electrons. The van der Waals surface area contributed by atoms with Crippen LogP contribution in [0.15, 0.2) is 30.3 Å². The lowest BCUT2D eigenvalue weighted by molar-refractivity contribution is -0.148. The lowest BCUT2D eigenvalue weighted by atomic mass is 9.89. The number of amides is 4. The van der Waals surface area contributed by atoms with Gasteiger partial charge >= 0.3 is 0 Å². The van der Waals surface area contributed by atoms with Gasteiger partial charge in [-0.1, -0.05) is 85.2 Å². The van der Waals surface area contributed by atoms with Crippen LogP contribution >= 0.6 is 0 Å². The summed E-state index contributed by atoms with van der Waals surface area (Å²) in [6.45, 7) is 15.6. The summed E-state index contributed by atoms with van der Waals surface area (Å²) in [7, 11) is 8.55. The summed E-state index contributed by atoms with van der Waals surface area (Å²) < 4.78 is 11.9. The van der Waals surface area contributed by atoms with Crippen LogP contribution in [0.3, 0.4) is 0 Å². The van der Waals surface area contributed by atoms with Crippen LogP contribution in [0.4, 0.5) is 0 Å². The Bertz CT molecular complexity index is 1330. The molecule has 53 heavy (non-hydrogen) atoms. The Kier molecular flexibility index (Phi) is 18.6. The van der Waals surface area contributed by atoms with E-state index in [0.29, 0.717) is 19.4 Å². The van der Waals surface area contributed by atoms with Crippen LogP contribution < -0.4 is 10.6 Å². The Morgan fingerprint density at radius 1 is 0.887 bits per heavy atom. The molecule has 12 nitrogen and oxygen atoms in total. The molecule has 0 bridgehead atoms. The molecule has 4 amide bonds. The highest BCUT2D eigenvalue weighted by Gasteiger charge is 2.43. The number of likely N-dealkylation sites (tertiary alicyclic amines) is 1. The van der Waals surface area contributed by atoms with Crippen molar-refractivity contribution in [3.63, 3.8) is 0 Å². The van der Waals surface area contributed by atoms with Gasteiger partial charge in [-0.25, -0.2) is 0 Å². The minimum atomic E-state index is -0.762. The van der Waals surface area contributed by atoms with Gasteiger partial charge in [-0.05, 0) is 63.6 Å². The van der Waals surface area contributed by atoms with Crippen LogP contribution in [-0.2, 0) is 39.9 Å². The number of ether oxygens (including phenoxy) is 2. The normalized spacial score (nSPS) is 19.2. The second kappa shape index (κ2) is 21.5. The number of methoxy groups -OCH3 is 2. The standard InChI is InChI=1S/C41H69N5O7/c1-14-27(6)37(45(11)41(51)35(25(2)3)43-40(50)36(26(4)5)44(9)10)33(52-12)24-34(48)46-22-18-21-32(46)38(53-13)28(7)39(49)42-31(29(8)47)23-30-19-16-15-17-20-30/h15-17,19-20,25-28,31-33,35-38H,14,18,21-24H2,1-13H3,(H,42,49)(H,43,50)/t27-,28+,31+,32-,33+,35-,36-,37-,38+/m0/s1. The maximum atomic E-state index is 14.2. The highest BCUT2D eigenvalue weighted by atomic mass is 16.5. The van der Waals surface area contributed by atoms with Gasteiger partial charge in [0.05, 0.1) is 48.7 Å². The lowest BCUT2D eigenvalue weighted by Crippen LogP contribution is -2.59. The lowest BCUT2D eigenvalue weighted by Gasteiger charge is -2.41. The second-order valence-corrected chi connectivity index (χ2v) is 15.8. The summed E-state index contributed by atoms with van der Waals surface area (Å²) in [5, 5.41) is 5.97. The van der Waals surface area contributed by atoms with Crippen molar-refractivity contribution in [2.75, 3.05) is 41.9 Å². The van der Waals surface area contributed by atoms with E-state index in [-0.39, 0.29) is 59.6 Å². The first kappa shape index (κ1) is 45.8. The minimum absolute atomic E-state index is 0.0227. The Morgan fingerprint density at radius 3 is 2.00 bits per heavy atom. The van der Waals surface area contributed by atoms with Gasteiger partial charge in [-0.3, -0.25) is 28.9 Å². The van der Waals surface area contributed by atoms with Gasteiger partial charge in [0.15, 0.2) is 5.78 Å². The number of Topliss-reactive ketones (excluding diaryl/α,β-unsaturated/α-hetero) is 1. The molecule has 1 aliphatic rings. The third kappa shape index (κ3) is 12.3. The van der Waals surface area contributed by atoms with Crippen molar-refractivity contribution >= 4 is 29.4 Å². The monoisotopic (exact) mass is 744 g/mol. The molecule has 2 rings (SSSR count). The van der Waals surface area contributed by atoms with E-state index in [1.54, 1.807) is 38.0 Å². The van der Waals surface area contributed by atoms with Crippen molar-refractivity contribution in [3.05, 3.63) is 35.9 Å². The number of hydrogen-bond donors (Lipinski definition) is 2. The number of nitrogens with zero attached hydrogens (tertiary/aromatic N) is 3. The van der Waals surface area contributed by atoms with Crippen LogP contribution in [0, 0.1) is 23.7 Å². The number of benzene rings is 1. The van der Waals surface area contributed by atoms with Crippen molar-refractivity contribution in [3.8, 4) is 0 Å². The number of ketones is 1. The molecule has 2 N–H and O–H groups in total. The molecule has 0 radical (unpaired) electrons. The Labute approximate surface area is 319 Å². The number of carbonyl (C=O) groups is 5. The zero-order valence-electron chi connectivity index (χ0n) is 34.7. The number of carbonyl (C=O) groups excluding carboxylic acids is 5.